The molecule has 0 spiro atoms. The molecule has 82 valence electrons. The van der Waals surface area contributed by atoms with Crippen LogP contribution in [0.5, 0.6) is 0 Å². The maximum absolute atomic E-state index is 11.2. The molecule has 1 aliphatic carbocycles. The molecule has 2 aliphatic rings. The van der Waals surface area contributed by atoms with Gasteiger partial charge in [0.15, 0.2) is 9.84 Å². The van der Waals surface area contributed by atoms with Crippen LogP contribution in [0.15, 0.2) is 0 Å². The lowest BCUT2D eigenvalue weighted by molar-refractivity contribution is 0.144. The molecule has 2 fully saturated rings. The Kier molecular flexibility index (Phi) is 2.81. The topological polar surface area (TPSA) is 66.4 Å². The Morgan fingerprint density at radius 2 is 2.00 bits per heavy atom. The first-order chi connectivity index (χ1) is 6.57. The van der Waals surface area contributed by atoms with Gasteiger partial charge in [-0.25, -0.2) is 8.42 Å². The SMILES string of the molecule is O=S1(=O)CCC(NC2CCCC2O)C1. The maximum Gasteiger partial charge on any atom is 0.151 e. The second kappa shape index (κ2) is 3.79. The Labute approximate surface area is 84.6 Å². The predicted octanol–water partition coefficient (Wildman–Crippen LogP) is -0.324. The lowest BCUT2D eigenvalue weighted by Crippen LogP contribution is -2.43. The molecule has 14 heavy (non-hydrogen) atoms. The molecule has 1 saturated carbocycles. The van der Waals surface area contributed by atoms with E-state index in [9.17, 15) is 13.5 Å². The Bertz CT molecular complexity index is 301. The summed E-state index contributed by atoms with van der Waals surface area (Å²) in [5, 5.41) is 12.8. The fraction of sp³-hybridized carbons (Fsp3) is 1.00. The van der Waals surface area contributed by atoms with Crippen LogP contribution in [0.25, 0.3) is 0 Å². The molecule has 0 bridgehead atoms. The summed E-state index contributed by atoms with van der Waals surface area (Å²) in [7, 11) is -2.80. The Balaban J connectivity index is 1.87. The zero-order valence-corrected chi connectivity index (χ0v) is 8.96. The number of hydrogen-bond donors (Lipinski definition) is 2. The van der Waals surface area contributed by atoms with Crippen LogP contribution in [0.1, 0.15) is 25.7 Å². The van der Waals surface area contributed by atoms with Gasteiger partial charge in [-0.2, -0.15) is 0 Å². The molecule has 5 heteroatoms. The second-order valence-electron chi connectivity index (χ2n) is 4.37. The van der Waals surface area contributed by atoms with Crippen molar-refractivity contribution in [1.82, 2.24) is 5.32 Å². The molecule has 0 radical (unpaired) electrons. The lowest BCUT2D eigenvalue weighted by atomic mass is 10.1. The molecule has 1 saturated heterocycles. The number of hydrogen-bond acceptors (Lipinski definition) is 4. The van der Waals surface area contributed by atoms with Crippen LogP contribution < -0.4 is 5.32 Å². The van der Waals surface area contributed by atoms with E-state index in [1.807, 2.05) is 0 Å². The van der Waals surface area contributed by atoms with Crippen molar-refractivity contribution in [2.24, 2.45) is 0 Å². The highest BCUT2D eigenvalue weighted by Crippen LogP contribution is 2.21. The standard InChI is InChI=1S/C9H17NO3S/c11-9-3-1-2-8(9)10-7-4-5-14(12,13)6-7/h7-11H,1-6H2. The van der Waals surface area contributed by atoms with Crippen molar-refractivity contribution in [2.75, 3.05) is 11.5 Å². The summed E-state index contributed by atoms with van der Waals surface area (Å²) in [4.78, 5) is 0. The Morgan fingerprint density at radius 3 is 2.50 bits per heavy atom. The third kappa shape index (κ3) is 2.27. The zero-order valence-electron chi connectivity index (χ0n) is 8.15. The minimum absolute atomic E-state index is 0.0674. The highest BCUT2D eigenvalue weighted by atomic mass is 32.2. The molecule has 0 aromatic rings. The highest BCUT2D eigenvalue weighted by Gasteiger charge is 2.32. The molecule has 2 N–H and O–H groups in total. The van der Waals surface area contributed by atoms with E-state index < -0.39 is 9.84 Å². The molecule has 3 unspecified atom stereocenters. The number of nitrogens with one attached hydrogen (secondary N) is 1. The van der Waals surface area contributed by atoms with Crippen LogP contribution in [0.2, 0.25) is 0 Å². The monoisotopic (exact) mass is 219 g/mol. The number of rotatable bonds is 2. The normalized spacial score (nSPS) is 41.6. The van der Waals surface area contributed by atoms with Crippen molar-refractivity contribution in [3.63, 3.8) is 0 Å². The van der Waals surface area contributed by atoms with Crippen molar-refractivity contribution >= 4 is 9.84 Å². The average molecular weight is 219 g/mol. The first-order valence-corrected chi connectivity index (χ1v) is 7.03. The summed E-state index contributed by atoms with van der Waals surface area (Å²) >= 11 is 0. The molecule has 0 aromatic heterocycles. The summed E-state index contributed by atoms with van der Waals surface area (Å²) in [6.45, 7) is 0. The van der Waals surface area contributed by atoms with E-state index >= 15 is 0 Å². The van der Waals surface area contributed by atoms with Crippen LogP contribution in [0.4, 0.5) is 0 Å². The van der Waals surface area contributed by atoms with Crippen molar-refractivity contribution in [3.8, 4) is 0 Å². The number of aliphatic hydroxyl groups is 1. The van der Waals surface area contributed by atoms with Gasteiger partial charge in [0.25, 0.3) is 0 Å². The first-order valence-electron chi connectivity index (χ1n) is 5.21. The van der Waals surface area contributed by atoms with E-state index in [1.165, 1.54) is 0 Å². The molecule has 2 rings (SSSR count). The molecular weight excluding hydrogens is 202 g/mol. The van der Waals surface area contributed by atoms with E-state index in [0.29, 0.717) is 12.2 Å². The summed E-state index contributed by atoms with van der Waals surface area (Å²) in [6, 6.07) is 0.186. The van der Waals surface area contributed by atoms with Gasteiger partial charge in [-0.15, -0.1) is 0 Å². The van der Waals surface area contributed by atoms with E-state index in [2.05, 4.69) is 5.32 Å². The Hall–Kier alpha value is -0.130. The fourth-order valence-corrected chi connectivity index (χ4v) is 4.05. The third-order valence-corrected chi connectivity index (χ3v) is 4.93. The van der Waals surface area contributed by atoms with Gasteiger partial charge in [0.2, 0.25) is 0 Å². The van der Waals surface area contributed by atoms with E-state index in [1.54, 1.807) is 0 Å². The maximum atomic E-state index is 11.2. The van der Waals surface area contributed by atoms with Gasteiger partial charge in [-0.1, -0.05) is 0 Å². The largest absolute Gasteiger partial charge is 0.392 e. The summed E-state index contributed by atoms with van der Waals surface area (Å²) < 4.78 is 22.4. The van der Waals surface area contributed by atoms with Crippen molar-refractivity contribution in [3.05, 3.63) is 0 Å². The number of aliphatic hydroxyl groups excluding tert-OH is 1. The molecule has 4 nitrogen and oxygen atoms in total. The van der Waals surface area contributed by atoms with Crippen LogP contribution in [0.3, 0.4) is 0 Å². The third-order valence-electron chi connectivity index (χ3n) is 3.16. The van der Waals surface area contributed by atoms with Crippen molar-refractivity contribution in [2.45, 2.75) is 43.9 Å². The number of sulfone groups is 1. The molecular formula is C9H17NO3S. The smallest absolute Gasteiger partial charge is 0.151 e. The van der Waals surface area contributed by atoms with Gasteiger partial charge < -0.3 is 10.4 Å². The quantitative estimate of drug-likeness (QED) is 0.668. The molecule has 1 heterocycles. The van der Waals surface area contributed by atoms with Gasteiger partial charge in [0.1, 0.15) is 0 Å². The van der Waals surface area contributed by atoms with Gasteiger partial charge >= 0.3 is 0 Å². The van der Waals surface area contributed by atoms with Crippen molar-refractivity contribution in [1.29, 1.82) is 0 Å². The minimum atomic E-state index is -2.80. The van der Waals surface area contributed by atoms with E-state index in [-0.39, 0.29) is 23.9 Å². The van der Waals surface area contributed by atoms with Crippen LogP contribution in [0, 0.1) is 0 Å². The Morgan fingerprint density at radius 1 is 1.21 bits per heavy atom. The summed E-state index contributed by atoms with van der Waals surface area (Å²) in [6.07, 6.45) is 3.27. The second-order valence-corrected chi connectivity index (χ2v) is 6.60. The highest BCUT2D eigenvalue weighted by molar-refractivity contribution is 7.91. The van der Waals surface area contributed by atoms with Gasteiger partial charge in [0, 0.05) is 12.1 Å². The van der Waals surface area contributed by atoms with Crippen LogP contribution >= 0.6 is 0 Å². The predicted molar refractivity (Wildman–Crippen MR) is 53.8 cm³/mol. The average Bonchev–Trinajstić information content (AvgIpc) is 2.61. The van der Waals surface area contributed by atoms with Gasteiger partial charge in [-0.3, -0.25) is 0 Å². The van der Waals surface area contributed by atoms with Crippen molar-refractivity contribution < 1.29 is 13.5 Å². The molecule has 1 aliphatic heterocycles. The van der Waals surface area contributed by atoms with Crippen LogP contribution in [-0.2, 0) is 9.84 Å². The first kappa shape index (κ1) is 10.4. The van der Waals surface area contributed by atoms with Gasteiger partial charge in [-0.05, 0) is 25.7 Å². The van der Waals surface area contributed by atoms with E-state index in [0.717, 1.165) is 19.3 Å². The lowest BCUT2D eigenvalue weighted by Gasteiger charge is -2.20. The molecule has 0 aromatic carbocycles. The summed E-state index contributed by atoms with van der Waals surface area (Å²) in [5.74, 6) is 0.545. The summed E-state index contributed by atoms with van der Waals surface area (Å²) in [5.41, 5.74) is 0. The molecule has 0 amide bonds. The fourth-order valence-electron chi connectivity index (χ4n) is 2.36. The van der Waals surface area contributed by atoms with Crippen LogP contribution in [-0.4, -0.2) is 43.2 Å². The minimum Gasteiger partial charge on any atom is -0.392 e. The van der Waals surface area contributed by atoms with E-state index in [4.69, 9.17) is 0 Å². The van der Waals surface area contributed by atoms with Gasteiger partial charge in [0.05, 0.1) is 17.6 Å². The zero-order chi connectivity index (χ0) is 10.2. The molecule has 3 atom stereocenters.